The fourth-order valence-corrected chi connectivity index (χ4v) is 1.54. The third kappa shape index (κ3) is 3.66. The molecule has 2 N–H and O–H groups in total. The molecule has 1 saturated carbocycles. The van der Waals surface area contributed by atoms with E-state index in [-0.39, 0.29) is 11.9 Å². The van der Waals surface area contributed by atoms with Crippen LogP contribution in [-0.4, -0.2) is 25.0 Å². The van der Waals surface area contributed by atoms with Gasteiger partial charge in [-0.25, -0.2) is 0 Å². The van der Waals surface area contributed by atoms with Gasteiger partial charge in [0.05, 0.1) is 6.04 Å². The van der Waals surface area contributed by atoms with Crippen molar-refractivity contribution in [1.29, 1.82) is 0 Å². The molecule has 14 heavy (non-hydrogen) atoms. The fourth-order valence-electron chi connectivity index (χ4n) is 1.54. The highest BCUT2D eigenvalue weighted by Gasteiger charge is 2.26. The summed E-state index contributed by atoms with van der Waals surface area (Å²) < 4.78 is 0. The van der Waals surface area contributed by atoms with Gasteiger partial charge in [-0.05, 0) is 32.7 Å². The number of nitrogens with one attached hydrogen (secondary N) is 2. The van der Waals surface area contributed by atoms with Crippen LogP contribution in [0.15, 0.2) is 0 Å². The SMILES string of the molecule is CCC(CC1CC1)NC(=O)C(C)NC. The van der Waals surface area contributed by atoms with E-state index in [0.717, 1.165) is 12.3 Å². The van der Waals surface area contributed by atoms with Gasteiger partial charge in [0.15, 0.2) is 0 Å². The molecule has 0 aromatic rings. The lowest BCUT2D eigenvalue weighted by molar-refractivity contribution is -0.123. The van der Waals surface area contributed by atoms with Crippen LogP contribution >= 0.6 is 0 Å². The smallest absolute Gasteiger partial charge is 0.237 e. The Kier molecular flexibility index (Phi) is 4.39. The maximum atomic E-state index is 11.6. The zero-order chi connectivity index (χ0) is 10.6. The molecule has 1 amide bonds. The first-order chi connectivity index (χ1) is 6.67. The van der Waals surface area contributed by atoms with Crippen LogP contribution in [0, 0.1) is 5.92 Å². The van der Waals surface area contributed by atoms with Crippen molar-refractivity contribution in [1.82, 2.24) is 10.6 Å². The van der Waals surface area contributed by atoms with Crippen molar-refractivity contribution < 1.29 is 4.79 Å². The van der Waals surface area contributed by atoms with Crippen LogP contribution in [-0.2, 0) is 4.79 Å². The summed E-state index contributed by atoms with van der Waals surface area (Å²) in [5, 5.41) is 6.04. The summed E-state index contributed by atoms with van der Waals surface area (Å²) in [6.45, 7) is 4.02. The van der Waals surface area contributed by atoms with Gasteiger partial charge in [-0.15, -0.1) is 0 Å². The van der Waals surface area contributed by atoms with Crippen molar-refractivity contribution in [3.05, 3.63) is 0 Å². The fraction of sp³-hybridized carbons (Fsp3) is 0.909. The van der Waals surface area contributed by atoms with E-state index < -0.39 is 0 Å². The summed E-state index contributed by atoms with van der Waals surface area (Å²) in [6.07, 6.45) is 4.92. The lowest BCUT2D eigenvalue weighted by Crippen LogP contribution is -2.45. The molecule has 0 bridgehead atoms. The Labute approximate surface area is 86.6 Å². The van der Waals surface area contributed by atoms with E-state index in [1.165, 1.54) is 19.3 Å². The molecule has 2 unspecified atom stereocenters. The molecule has 0 spiro atoms. The molecule has 2 atom stereocenters. The molecule has 0 heterocycles. The molecule has 0 radical (unpaired) electrons. The third-order valence-corrected chi connectivity index (χ3v) is 2.98. The normalized spacial score (nSPS) is 20.2. The number of carbonyl (C=O) groups is 1. The van der Waals surface area contributed by atoms with Crippen LogP contribution in [0.5, 0.6) is 0 Å². The molecule has 0 saturated heterocycles. The van der Waals surface area contributed by atoms with Crippen molar-refractivity contribution >= 4 is 5.91 Å². The van der Waals surface area contributed by atoms with Gasteiger partial charge in [0.25, 0.3) is 0 Å². The summed E-state index contributed by atoms with van der Waals surface area (Å²) in [4.78, 5) is 11.6. The van der Waals surface area contributed by atoms with Crippen molar-refractivity contribution in [2.24, 2.45) is 5.92 Å². The van der Waals surface area contributed by atoms with E-state index in [1.807, 2.05) is 14.0 Å². The molecule has 1 fully saturated rings. The van der Waals surface area contributed by atoms with Crippen molar-refractivity contribution in [2.45, 2.75) is 51.6 Å². The third-order valence-electron chi connectivity index (χ3n) is 2.98. The van der Waals surface area contributed by atoms with E-state index in [0.29, 0.717) is 6.04 Å². The Morgan fingerprint density at radius 3 is 2.57 bits per heavy atom. The molecule has 3 heteroatoms. The van der Waals surface area contributed by atoms with E-state index >= 15 is 0 Å². The average molecular weight is 198 g/mol. The maximum absolute atomic E-state index is 11.6. The van der Waals surface area contributed by atoms with Crippen molar-refractivity contribution in [3.8, 4) is 0 Å². The Balaban J connectivity index is 2.26. The van der Waals surface area contributed by atoms with Gasteiger partial charge in [-0.2, -0.15) is 0 Å². The quantitative estimate of drug-likeness (QED) is 0.675. The minimum absolute atomic E-state index is 0.0803. The number of rotatable bonds is 6. The number of hydrogen-bond donors (Lipinski definition) is 2. The van der Waals surface area contributed by atoms with E-state index in [9.17, 15) is 4.79 Å². The lowest BCUT2D eigenvalue weighted by Gasteiger charge is -2.19. The van der Waals surface area contributed by atoms with Gasteiger partial charge in [0.1, 0.15) is 0 Å². The van der Waals surface area contributed by atoms with Crippen LogP contribution in [0.1, 0.15) is 39.5 Å². The summed E-state index contributed by atoms with van der Waals surface area (Å²) in [5.74, 6) is 1.00. The molecule has 1 aliphatic rings. The van der Waals surface area contributed by atoms with E-state index in [1.54, 1.807) is 0 Å². The van der Waals surface area contributed by atoms with Crippen LogP contribution < -0.4 is 10.6 Å². The van der Waals surface area contributed by atoms with Gasteiger partial charge < -0.3 is 10.6 Å². The van der Waals surface area contributed by atoms with E-state index in [2.05, 4.69) is 17.6 Å². The monoisotopic (exact) mass is 198 g/mol. The maximum Gasteiger partial charge on any atom is 0.237 e. The Morgan fingerprint density at radius 2 is 2.14 bits per heavy atom. The molecular formula is C11H22N2O. The zero-order valence-corrected chi connectivity index (χ0v) is 9.47. The molecular weight excluding hydrogens is 176 g/mol. The van der Waals surface area contributed by atoms with Crippen LogP contribution in [0.2, 0.25) is 0 Å². The van der Waals surface area contributed by atoms with Gasteiger partial charge >= 0.3 is 0 Å². The predicted octanol–water partition coefficient (Wildman–Crippen LogP) is 1.29. The van der Waals surface area contributed by atoms with Crippen LogP contribution in [0.4, 0.5) is 0 Å². The average Bonchev–Trinajstić information content (AvgIpc) is 2.99. The molecule has 0 aliphatic heterocycles. The van der Waals surface area contributed by atoms with Crippen molar-refractivity contribution in [2.75, 3.05) is 7.05 Å². The highest BCUT2D eigenvalue weighted by atomic mass is 16.2. The molecule has 3 nitrogen and oxygen atoms in total. The highest BCUT2D eigenvalue weighted by molar-refractivity contribution is 5.81. The summed E-state index contributed by atoms with van der Waals surface area (Å²) in [7, 11) is 1.81. The Bertz CT molecular complexity index is 190. The molecule has 0 aromatic heterocycles. The standard InChI is InChI=1S/C11H22N2O/c1-4-10(7-9-5-6-9)13-11(14)8(2)12-3/h8-10,12H,4-7H2,1-3H3,(H,13,14). The van der Waals surface area contributed by atoms with Gasteiger partial charge in [0.2, 0.25) is 5.91 Å². The number of amides is 1. The largest absolute Gasteiger partial charge is 0.352 e. The summed E-state index contributed by atoms with van der Waals surface area (Å²) >= 11 is 0. The molecule has 1 aliphatic carbocycles. The van der Waals surface area contributed by atoms with Gasteiger partial charge in [-0.1, -0.05) is 19.8 Å². The minimum atomic E-state index is -0.0803. The number of likely N-dealkylation sites (N-methyl/N-ethyl adjacent to an activating group) is 1. The zero-order valence-electron chi connectivity index (χ0n) is 9.47. The number of hydrogen-bond acceptors (Lipinski definition) is 2. The van der Waals surface area contributed by atoms with Crippen LogP contribution in [0.25, 0.3) is 0 Å². The number of carbonyl (C=O) groups excluding carboxylic acids is 1. The predicted molar refractivity (Wildman–Crippen MR) is 58.1 cm³/mol. The molecule has 0 aromatic carbocycles. The van der Waals surface area contributed by atoms with Crippen molar-refractivity contribution in [3.63, 3.8) is 0 Å². The second kappa shape index (κ2) is 5.35. The second-order valence-electron chi connectivity index (χ2n) is 4.30. The summed E-state index contributed by atoms with van der Waals surface area (Å²) in [5.41, 5.74) is 0. The summed E-state index contributed by atoms with van der Waals surface area (Å²) in [6, 6.07) is 0.300. The van der Waals surface area contributed by atoms with Crippen LogP contribution in [0.3, 0.4) is 0 Å². The Morgan fingerprint density at radius 1 is 1.50 bits per heavy atom. The highest BCUT2D eigenvalue weighted by Crippen LogP contribution is 2.33. The molecule has 82 valence electrons. The van der Waals surface area contributed by atoms with E-state index in [4.69, 9.17) is 0 Å². The second-order valence-corrected chi connectivity index (χ2v) is 4.30. The van der Waals surface area contributed by atoms with Gasteiger partial charge in [-0.3, -0.25) is 4.79 Å². The van der Waals surface area contributed by atoms with Gasteiger partial charge in [0, 0.05) is 6.04 Å². The first-order valence-corrected chi connectivity index (χ1v) is 5.65. The Hall–Kier alpha value is -0.570. The lowest BCUT2D eigenvalue weighted by atomic mass is 10.1. The molecule has 1 rings (SSSR count). The first kappa shape index (κ1) is 11.5. The minimum Gasteiger partial charge on any atom is -0.352 e. The topological polar surface area (TPSA) is 41.1 Å². The first-order valence-electron chi connectivity index (χ1n) is 5.65.